The summed E-state index contributed by atoms with van der Waals surface area (Å²) in [5.74, 6) is -0.611. The van der Waals surface area contributed by atoms with E-state index < -0.39 is 10.9 Å². The number of halogens is 2. The molecule has 1 saturated heterocycles. The lowest BCUT2D eigenvalue weighted by Crippen LogP contribution is -2.37. The standard InChI is InChI=1S/C17H14Cl2N2O5/c18-11-1-4-16(14(19)9-11)26-17(22)13-10-12(21(23)24)2-3-15(13)20-5-7-25-8-6-20/h1-4,9-10H,5-8H2. The first kappa shape index (κ1) is 18.4. The van der Waals surface area contributed by atoms with E-state index in [9.17, 15) is 14.9 Å². The highest BCUT2D eigenvalue weighted by Crippen LogP contribution is 2.31. The molecule has 0 N–H and O–H groups in total. The van der Waals surface area contributed by atoms with Gasteiger partial charge in [0.2, 0.25) is 0 Å². The molecule has 2 aromatic rings. The number of morpholine rings is 1. The number of hydrogen-bond acceptors (Lipinski definition) is 6. The molecule has 1 heterocycles. The van der Waals surface area contributed by atoms with Gasteiger partial charge in [-0.05, 0) is 24.3 Å². The van der Waals surface area contributed by atoms with Gasteiger partial charge < -0.3 is 14.4 Å². The van der Waals surface area contributed by atoms with Crippen molar-refractivity contribution < 1.29 is 19.2 Å². The predicted molar refractivity (Wildman–Crippen MR) is 97.5 cm³/mol. The van der Waals surface area contributed by atoms with Crippen molar-refractivity contribution in [1.29, 1.82) is 0 Å². The number of non-ortho nitro benzene ring substituents is 1. The van der Waals surface area contributed by atoms with E-state index in [-0.39, 0.29) is 22.0 Å². The van der Waals surface area contributed by atoms with Crippen LogP contribution < -0.4 is 9.64 Å². The number of nitro groups is 1. The van der Waals surface area contributed by atoms with Gasteiger partial charge in [0.25, 0.3) is 5.69 Å². The first-order valence-electron chi connectivity index (χ1n) is 7.74. The normalized spacial score (nSPS) is 14.2. The Balaban J connectivity index is 1.95. The number of benzene rings is 2. The molecule has 3 rings (SSSR count). The highest BCUT2D eigenvalue weighted by Gasteiger charge is 2.24. The van der Waals surface area contributed by atoms with Crippen LogP contribution in [0, 0.1) is 10.1 Å². The van der Waals surface area contributed by atoms with Gasteiger partial charge in [0.15, 0.2) is 0 Å². The Morgan fingerprint density at radius 2 is 1.88 bits per heavy atom. The highest BCUT2D eigenvalue weighted by atomic mass is 35.5. The van der Waals surface area contributed by atoms with Gasteiger partial charge in [-0.25, -0.2) is 4.79 Å². The molecule has 136 valence electrons. The molecule has 26 heavy (non-hydrogen) atoms. The van der Waals surface area contributed by atoms with Crippen molar-refractivity contribution in [2.24, 2.45) is 0 Å². The summed E-state index contributed by atoms with van der Waals surface area (Å²) >= 11 is 11.9. The molecule has 0 atom stereocenters. The number of anilines is 1. The van der Waals surface area contributed by atoms with Crippen LogP contribution in [0.5, 0.6) is 5.75 Å². The zero-order valence-electron chi connectivity index (χ0n) is 13.5. The molecule has 1 aliphatic heterocycles. The molecule has 0 unspecified atom stereocenters. The zero-order valence-corrected chi connectivity index (χ0v) is 15.0. The fourth-order valence-electron chi connectivity index (χ4n) is 2.59. The Morgan fingerprint density at radius 1 is 1.15 bits per heavy atom. The first-order chi connectivity index (χ1) is 12.5. The minimum Gasteiger partial charge on any atom is -0.421 e. The van der Waals surface area contributed by atoms with E-state index in [1.165, 1.54) is 30.3 Å². The molecular weight excluding hydrogens is 383 g/mol. The number of rotatable bonds is 4. The SMILES string of the molecule is O=C(Oc1ccc(Cl)cc1Cl)c1cc([N+](=O)[O-])ccc1N1CCOCC1. The molecule has 0 aliphatic carbocycles. The Morgan fingerprint density at radius 3 is 2.54 bits per heavy atom. The topological polar surface area (TPSA) is 81.9 Å². The van der Waals surface area contributed by atoms with Crippen LogP contribution in [0.3, 0.4) is 0 Å². The van der Waals surface area contributed by atoms with Crippen LogP contribution in [0.1, 0.15) is 10.4 Å². The third kappa shape index (κ3) is 4.07. The highest BCUT2D eigenvalue weighted by molar-refractivity contribution is 6.35. The van der Waals surface area contributed by atoms with Crippen molar-refractivity contribution in [1.82, 2.24) is 0 Å². The van der Waals surface area contributed by atoms with E-state index in [4.69, 9.17) is 32.7 Å². The maximum absolute atomic E-state index is 12.7. The predicted octanol–water partition coefficient (Wildman–Crippen LogP) is 3.96. The van der Waals surface area contributed by atoms with Crippen LogP contribution in [0.4, 0.5) is 11.4 Å². The molecule has 1 fully saturated rings. The number of nitro benzene ring substituents is 1. The molecule has 1 aliphatic rings. The van der Waals surface area contributed by atoms with E-state index in [2.05, 4.69) is 0 Å². The van der Waals surface area contributed by atoms with Gasteiger partial charge >= 0.3 is 5.97 Å². The molecule has 0 bridgehead atoms. The molecule has 0 spiro atoms. The third-order valence-corrected chi connectivity index (χ3v) is 4.39. The lowest BCUT2D eigenvalue weighted by atomic mass is 10.1. The Bertz CT molecular complexity index is 853. The summed E-state index contributed by atoms with van der Waals surface area (Å²) in [6.07, 6.45) is 0. The van der Waals surface area contributed by atoms with Crippen LogP contribution in [-0.4, -0.2) is 37.2 Å². The summed E-state index contributed by atoms with van der Waals surface area (Å²) in [7, 11) is 0. The molecule has 9 heteroatoms. The summed E-state index contributed by atoms with van der Waals surface area (Å²) in [5, 5.41) is 11.7. The van der Waals surface area contributed by atoms with Crippen LogP contribution in [0.15, 0.2) is 36.4 Å². The quantitative estimate of drug-likeness (QED) is 0.336. The summed E-state index contributed by atoms with van der Waals surface area (Å²) in [6.45, 7) is 2.16. The van der Waals surface area contributed by atoms with Gasteiger partial charge in [0.05, 0.1) is 34.4 Å². The molecule has 7 nitrogen and oxygen atoms in total. The minimum atomic E-state index is -0.737. The van der Waals surface area contributed by atoms with Crippen molar-refractivity contribution in [3.8, 4) is 5.75 Å². The molecule has 2 aromatic carbocycles. The van der Waals surface area contributed by atoms with Crippen LogP contribution >= 0.6 is 23.2 Å². The van der Waals surface area contributed by atoms with Gasteiger partial charge in [0, 0.05) is 30.2 Å². The first-order valence-corrected chi connectivity index (χ1v) is 8.49. The minimum absolute atomic E-state index is 0.0899. The van der Waals surface area contributed by atoms with Crippen LogP contribution in [0.25, 0.3) is 0 Å². The van der Waals surface area contributed by atoms with E-state index in [1.807, 2.05) is 4.90 Å². The van der Waals surface area contributed by atoms with Gasteiger partial charge in [0.1, 0.15) is 5.75 Å². The van der Waals surface area contributed by atoms with Crippen molar-refractivity contribution in [3.05, 3.63) is 62.1 Å². The third-order valence-electron chi connectivity index (χ3n) is 3.86. The average molecular weight is 397 g/mol. The number of nitrogens with zero attached hydrogens (tertiary/aromatic N) is 2. The van der Waals surface area contributed by atoms with E-state index >= 15 is 0 Å². The molecule has 0 amide bonds. The lowest BCUT2D eigenvalue weighted by molar-refractivity contribution is -0.384. The smallest absolute Gasteiger partial charge is 0.345 e. The summed E-state index contributed by atoms with van der Waals surface area (Å²) in [5.41, 5.74) is 0.442. The number of hydrogen-bond donors (Lipinski definition) is 0. The van der Waals surface area contributed by atoms with Crippen molar-refractivity contribution in [2.45, 2.75) is 0 Å². The molecule has 0 aromatic heterocycles. The number of esters is 1. The molecule has 0 saturated carbocycles. The van der Waals surface area contributed by atoms with E-state index in [1.54, 1.807) is 6.07 Å². The second kappa shape index (κ2) is 7.90. The van der Waals surface area contributed by atoms with Crippen molar-refractivity contribution in [2.75, 3.05) is 31.2 Å². The summed E-state index contributed by atoms with van der Waals surface area (Å²) in [6, 6.07) is 8.56. The average Bonchev–Trinajstić information content (AvgIpc) is 2.64. The van der Waals surface area contributed by atoms with Gasteiger partial charge in [-0.2, -0.15) is 0 Å². The van der Waals surface area contributed by atoms with Crippen LogP contribution in [-0.2, 0) is 4.74 Å². The van der Waals surface area contributed by atoms with Crippen molar-refractivity contribution in [3.63, 3.8) is 0 Å². The van der Waals surface area contributed by atoms with Crippen molar-refractivity contribution >= 4 is 40.5 Å². The fraction of sp³-hybridized carbons (Fsp3) is 0.235. The Kier molecular flexibility index (Phi) is 5.61. The molecular formula is C17H14Cl2N2O5. The second-order valence-electron chi connectivity index (χ2n) is 5.52. The number of ether oxygens (including phenoxy) is 2. The Labute approximate surface area is 159 Å². The maximum atomic E-state index is 12.7. The van der Waals surface area contributed by atoms with Gasteiger partial charge in [-0.15, -0.1) is 0 Å². The fourth-order valence-corrected chi connectivity index (χ4v) is 3.04. The summed E-state index contributed by atoms with van der Waals surface area (Å²) < 4.78 is 10.7. The monoisotopic (exact) mass is 396 g/mol. The number of carbonyl (C=O) groups excluding carboxylic acids is 1. The largest absolute Gasteiger partial charge is 0.421 e. The van der Waals surface area contributed by atoms with E-state index in [0.717, 1.165) is 0 Å². The Hall–Kier alpha value is -2.35. The second-order valence-corrected chi connectivity index (χ2v) is 6.37. The maximum Gasteiger partial charge on any atom is 0.345 e. The van der Waals surface area contributed by atoms with Crippen LogP contribution in [0.2, 0.25) is 10.0 Å². The number of carbonyl (C=O) groups is 1. The summed E-state index contributed by atoms with van der Waals surface area (Å²) in [4.78, 5) is 25.2. The van der Waals surface area contributed by atoms with Gasteiger partial charge in [-0.3, -0.25) is 10.1 Å². The zero-order chi connectivity index (χ0) is 18.7. The molecule has 0 radical (unpaired) electrons. The lowest BCUT2D eigenvalue weighted by Gasteiger charge is -2.30. The van der Waals surface area contributed by atoms with E-state index in [0.29, 0.717) is 37.0 Å². The van der Waals surface area contributed by atoms with Gasteiger partial charge in [-0.1, -0.05) is 23.2 Å².